The van der Waals surface area contributed by atoms with E-state index >= 15 is 0 Å². The highest BCUT2D eigenvalue weighted by atomic mass is 16.3. The molecule has 0 saturated heterocycles. The molecule has 0 fully saturated rings. The minimum absolute atomic E-state index is 0.0266. The molecule has 1 heteroatoms. The Morgan fingerprint density at radius 3 is 1.15 bits per heavy atom. The van der Waals surface area contributed by atoms with Crippen molar-refractivity contribution in [1.82, 2.24) is 0 Å². The van der Waals surface area contributed by atoms with E-state index in [1.54, 1.807) is 0 Å². The van der Waals surface area contributed by atoms with Crippen LogP contribution in [-0.4, -0.2) is 11.2 Å². The van der Waals surface area contributed by atoms with E-state index in [-0.39, 0.29) is 6.10 Å². The van der Waals surface area contributed by atoms with Gasteiger partial charge in [-0.15, -0.1) is 0 Å². The van der Waals surface area contributed by atoms with Crippen molar-refractivity contribution in [3.8, 4) is 0 Å². The Balaban J connectivity index is 3.10. The van der Waals surface area contributed by atoms with Gasteiger partial charge < -0.3 is 5.11 Å². The van der Waals surface area contributed by atoms with Crippen molar-refractivity contribution in [3.63, 3.8) is 0 Å². The maximum atomic E-state index is 9.92. The zero-order valence-electron chi connectivity index (χ0n) is 14.3. The number of rotatable bonds is 16. The number of hydrogen-bond acceptors (Lipinski definition) is 1. The molecule has 0 saturated carbocycles. The standard InChI is InChI=1S/C19H40O/c1-3-5-7-9-11-12-14-16-18-19(20)17-15-13-10-8-6-4-2/h19-20H,3-18H2,1-2H3. The molecule has 0 spiro atoms. The van der Waals surface area contributed by atoms with Gasteiger partial charge in [-0.1, -0.05) is 104 Å². The van der Waals surface area contributed by atoms with Crippen LogP contribution in [0.15, 0.2) is 0 Å². The van der Waals surface area contributed by atoms with Crippen LogP contribution in [-0.2, 0) is 0 Å². The van der Waals surface area contributed by atoms with Gasteiger partial charge in [0.15, 0.2) is 0 Å². The van der Waals surface area contributed by atoms with Gasteiger partial charge in [0.1, 0.15) is 0 Å². The average Bonchev–Trinajstić information content (AvgIpc) is 2.45. The van der Waals surface area contributed by atoms with E-state index in [2.05, 4.69) is 13.8 Å². The average molecular weight is 285 g/mol. The van der Waals surface area contributed by atoms with Crippen LogP contribution in [0.1, 0.15) is 117 Å². The predicted molar refractivity (Wildman–Crippen MR) is 91.2 cm³/mol. The van der Waals surface area contributed by atoms with Gasteiger partial charge >= 0.3 is 0 Å². The van der Waals surface area contributed by atoms with Crippen LogP contribution in [0.3, 0.4) is 0 Å². The van der Waals surface area contributed by atoms with E-state index < -0.39 is 0 Å². The number of hydrogen-bond donors (Lipinski definition) is 1. The van der Waals surface area contributed by atoms with Gasteiger partial charge in [0.25, 0.3) is 0 Å². The quantitative estimate of drug-likeness (QED) is 0.315. The molecule has 122 valence electrons. The second-order valence-corrected chi connectivity index (χ2v) is 6.47. The van der Waals surface area contributed by atoms with Gasteiger partial charge in [-0.2, -0.15) is 0 Å². The molecule has 0 aliphatic rings. The van der Waals surface area contributed by atoms with Gasteiger partial charge in [-0.25, -0.2) is 0 Å². The Bertz CT molecular complexity index is 167. The summed E-state index contributed by atoms with van der Waals surface area (Å²) in [6, 6.07) is 0. The Morgan fingerprint density at radius 1 is 0.500 bits per heavy atom. The molecule has 1 atom stereocenters. The van der Waals surface area contributed by atoms with Crippen molar-refractivity contribution >= 4 is 0 Å². The first kappa shape index (κ1) is 20.0. The third kappa shape index (κ3) is 16.0. The molecular formula is C19H40O. The summed E-state index contributed by atoms with van der Waals surface area (Å²) >= 11 is 0. The maximum absolute atomic E-state index is 9.92. The molecule has 1 nitrogen and oxygen atoms in total. The number of aliphatic hydroxyl groups is 1. The molecule has 0 aliphatic carbocycles. The fourth-order valence-electron chi connectivity index (χ4n) is 2.82. The minimum Gasteiger partial charge on any atom is -0.393 e. The van der Waals surface area contributed by atoms with Crippen molar-refractivity contribution in [2.75, 3.05) is 0 Å². The molecule has 0 aromatic rings. The Morgan fingerprint density at radius 2 is 0.800 bits per heavy atom. The van der Waals surface area contributed by atoms with Crippen molar-refractivity contribution in [2.24, 2.45) is 0 Å². The summed E-state index contributed by atoms with van der Waals surface area (Å²) in [6.07, 6.45) is 20.9. The molecule has 0 amide bonds. The minimum atomic E-state index is -0.0266. The summed E-state index contributed by atoms with van der Waals surface area (Å²) in [5.74, 6) is 0. The largest absolute Gasteiger partial charge is 0.393 e. The van der Waals surface area contributed by atoms with E-state index in [1.165, 1.54) is 89.9 Å². The lowest BCUT2D eigenvalue weighted by atomic mass is 10.0. The fourth-order valence-corrected chi connectivity index (χ4v) is 2.82. The van der Waals surface area contributed by atoms with Crippen LogP contribution in [0.2, 0.25) is 0 Å². The highest BCUT2D eigenvalue weighted by Crippen LogP contribution is 2.14. The molecule has 0 rings (SSSR count). The summed E-state index contributed by atoms with van der Waals surface area (Å²) in [5.41, 5.74) is 0. The molecule has 0 heterocycles. The molecule has 0 bridgehead atoms. The molecule has 1 unspecified atom stereocenters. The van der Waals surface area contributed by atoms with Gasteiger partial charge in [0.05, 0.1) is 6.10 Å². The van der Waals surface area contributed by atoms with Crippen molar-refractivity contribution in [2.45, 2.75) is 123 Å². The van der Waals surface area contributed by atoms with E-state index in [9.17, 15) is 5.11 Å². The van der Waals surface area contributed by atoms with E-state index in [0.717, 1.165) is 12.8 Å². The Kier molecular flexibility index (Phi) is 17.0. The number of aliphatic hydroxyl groups excluding tert-OH is 1. The van der Waals surface area contributed by atoms with Gasteiger partial charge in [-0.05, 0) is 12.8 Å². The van der Waals surface area contributed by atoms with Crippen LogP contribution in [0.4, 0.5) is 0 Å². The summed E-state index contributed by atoms with van der Waals surface area (Å²) in [6.45, 7) is 4.53. The van der Waals surface area contributed by atoms with Gasteiger partial charge in [0.2, 0.25) is 0 Å². The van der Waals surface area contributed by atoms with E-state index in [0.29, 0.717) is 0 Å². The summed E-state index contributed by atoms with van der Waals surface area (Å²) in [4.78, 5) is 0. The van der Waals surface area contributed by atoms with Crippen LogP contribution in [0, 0.1) is 0 Å². The van der Waals surface area contributed by atoms with Gasteiger partial charge in [-0.3, -0.25) is 0 Å². The third-order valence-electron chi connectivity index (χ3n) is 4.28. The Labute approximate surface area is 128 Å². The lowest BCUT2D eigenvalue weighted by Crippen LogP contribution is -2.05. The first-order valence-corrected chi connectivity index (χ1v) is 9.49. The highest BCUT2D eigenvalue weighted by Gasteiger charge is 2.03. The zero-order chi connectivity index (χ0) is 14.9. The number of unbranched alkanes of at least 4 members (excludes halogenated alkanes) is 12. The van der Waals surface area contributed by atoms with E-state index in [4.69, 9.17) is 0 Å². The van der Waals surface area contributed by atoms with Crippen LogP contribution < -0.4 is 0 Å². The first-order valence-electron chi connectivity index (χ1n) is 9.49. The molecule has 0 radical (unpaired) electrons. The molecule has 20 heavy (non-hydrogen) atoms. The van der Waals surface area contributed by atoms with Crippen molar-refractivity contribution in [1.29, 1.82) is 0 Å². The summed E-state index contributed by atoms with van der Waals surface area (Å²) in [7, 11) is 0. The summed E-state index contributed by atoms with van der Waals surface area (Å²) < 4.78 is 0. The lowest BCUT2D eigenvalue weighted by molar-refractivity contribution is 0.147. The second kappa shape index (κ2) is 17.0. The maximum Gasteiger partial charge on any atom is 0.0540 e. The zero-order valence-corrected chi connectivity index (χ0v) is 14.3. The van der Waals surface area contributed by atoms with Crippen LogP contribution in [0.25, 0.3) is 0 Å². The predicted octanol–water partition coefficient (Wildman–Crippen LogP) is 6.63. The van der Waals surface area contributed by atoms with E-state index in [1.807, 2.05) is 0 Å². The van der Waals surface area contributed by atoms with Crippen molar-refractivity contribution < 1.29 is 5.11 Å². The molecule has 1 N–H and O–H groups in total. The fraction of sp³-hybridized carbons (Fsp3) is 1.00. The topological polar surface area (TPSA) is 20.2 Å². The molecule has 0 aromatic carbocycles. The molecule has 0 aliphatic heterocycles. The highest BCUT2D eigenvalue weighted by molar-refractivity contribution is 4.57. The monoisotopic (exact) mass is 284 g/mol. The summed E-state index contributed by atoms with van der Waals surface area (Å²) in [5, 5.41) is 9.92. The second-order valence-electron chi connectivity index (χ2n) is 6.47. The van der Waals surface area contributed by atoms with Crippen LogP contribution in [0.5, 0.6) is 0 Å². The smallest absolute Gasteiger partial charge is 0.0540 e. The lowest BCUT2D eigenvalue weighted by Gasteiger charge is -2.10. The first-order chi connectivity index (χ1) is 9.81. The molecular weight excluding hydrogens is 244 g/mol. The third-order valence-corrected chi connectivity index (χ3v) is 4.28. The normalized spacial score (nSPS) is 12.8. The van der Waals surface area contributed by atoms with Gasteiger partial charge in [0, 0.05) is 0 Å². The van der Waals surface area contributed by atoms with Crippen molar-refractivity contribution in [3.05, 3.63) is 0 Å². The van der Waals surface area contributed by atoms with Crippen LogP contribution >= 0.6 is 0 Å². The Hall–Kier alpha value is -0.0400. The SMILES string of the molecule is CCCCCCCCCCC(O)CCCCCCCC. The molecule has 0 aromatic heterocycles.